The molecular formula is C13H15NO. The lowest BCUT2D eigenvalue weighted by atomic mass is 10.0. The van der Waals surface area contributed by atoms with Gasteiger partial charge in [-0.1, -0.05) is 36.3 Å². The Balaban J connectivity index is 2.83. The lowest BCUT2D eigenvalue weighted by molar-refractivity contribution is -0.108. The fourth-order valence-corrected chi connectivity index (χ4v) is 1.59. The number of hydrogen-bond donors (Lipinski definition) is 0. The van der Waals surface area contributed by atoms with Gasteiger partial charge in [-0.25, -0.2) is 0 Å². The van der Waals surface area contributed by atoms with Crippen molar-refractivity contribution < 1.29 is 4.79 Å². The van der Waals surface area contributed by atoms with Gasteiger partial charge in [0.1, 0.15) is 6.29 Å². The Bertz CT molecular complexity index is 339. The maximum absolute atomic E-state index is 10.6. The first-order valence-electron chi connectivity index (χ1n) is 4.92. The average molecular weight is 201 g/mol. The molecule has 0 amide bonds. The fourth-order valence-electron chi connectivity index (χ4n) is 1.59. The van der Waals surface area contributed by atoms with E-state index in [-0.39, 0.29) is 6.04 Å². The molecule has 0 aliphatic heterocycles. The Morgan fingerprint density at radius 3 is 2.67 bits per heavy atom. The first-order chi connectivity index (χ1) is 7.29. The van der Waals surface area contributed by atoms with Crippen molar-refractivity contribution in [3.63, 3.8) is 0 Å². The molecule has 0 saturated heterocycles. The Labute approximate surface area is 90.9 Å². The number of benzene rings is 1. The molecule has 0 bridgehead atoms. The van der Waals surface area contributed by atoms with E-state index >= 15 is 0 Å². The predicted molar refractivity (Wildman–Crippen MR) is 61.3 cm³/mol. The highest BCUT2D eigenvalue weighted by Crippen LogP contribution is 2.21. The number of terminal acetylenes is 1. The van der Waals surface area contributed by atoms with Gasteiger partial charge in [0, 0.05) is 12.5 Å². The Hall–Kier alpha value is -1.59. The third kappa shape index (κ3) is 3.23. The van der Waals surface area contributed by atoms with Crippen molar-refractivity contribution >= 4 is 6.29 Å². The molecule has 1 unspecified atom stereocenters. The van der Waals surface area contributed by atoms with Crippen LogP contribution in [-0.2, 0) is 4.79 Å². The topological polar surface area (TPSA) is 20.3 Å². The minimum atomic E-state index is 0.0831. The number of aldehydes is 1. The van der Waals surface area contributed by atoms with Crippen LogP contribution in [0.3, 0.4) is 0 Å². The number of rotatable bonds is 5. The first-order valence-corrected chi connectivity index (χ1v) is 4.92. The van der Waals surface area contributed by atoms with Crippen molar-refractivity contribution in [2.75, 3.05) is 13.6 Å². The minimum absolute atomic E-state index is 0.0831. The van der Waals surface area contributed by atoms with Crippen LogP contribution in [0.15, 0.2) is 30.3 Å². The summed E-state index contributed by atoms with van der Waals surface area (Å²) in [6, 6.07) is 10.0. The predicted octanol–water partition coefficient (Wildman–Crippen LogP) is 1.88. The second-order valence-electron chi connectivity index (χ2n) is 3.45. The maximum atomic E-state index is 10.6. The van der Waals surface area contributed by atoms with Crippen molar-refractivity contribution in [1.29, 1.82) is 0 Å². The summed E-state index contributed by atoms with van der Waals surface area (Å²) in [7, 11) is 1.93. The van der Waals surface area contributed by atoms with Crippen LogP contribution in [0.5, 0.6) is 0 Å². The summed E-state index contributed by atoms with van der Waals surface area (Å²) in [6.07, 6.45) is 6.67. The van der Waals surface area contributed by atoms with Crippen molar-refractivity contribution in [1.82, 2.24) is 4.90 Å². The number of carbonyl (C=O) groups is 1. The zero-order chi connectivity index (χ0) is 11.1. The fraction of sp³-hybridized carbons (Fsp3) is 0.308. The van der Waals surface area contributed by atoms with E-state index in [1.54, 1.807) is 0 Å². The normalized spacial score (nSPS) is 12.1. The molecule has 0 saturated carbocycles. The van der Waals surface area contributed by atoms with Gasteiger partial charge in [-0.15, -0.1) is 6.42 Å². The zero-order valence-electron chi connectivity index (χ0n) is 8.89. The molecule has 0 heterocycles. The SMILES string of the molecule is C#CCN(C)C(CC=O)c1ccccc1. The third-order valence-electron chi connectivity index (χ3n) is 2.38. The van der Waals surface area contributed by atoms with Crippen molar-refractivity contribution in [3.05, 3.63) is 35.9 Å². The minimum Gasteiger partial charge on any atom is -0.303 e. The summed E-state index contributed by atoms with van der Waals surface area (Å²) in [5.41, 5.74) is 1.13. The first kappa shape index (κ1) is 11.5. The van der Waals surface area contributed by atoms with E-state index in [4.69, 9.17) is 6.42 Å². The molecule has 1 aromatic carbocycles. The smallest absolute Gasteiger partial charge is 0.121 e. The van der Waals surface area contributed by atoms with Gasteiger partial charge in [-0.05, 0) is 12.6 Å². The lowest BCUT2D eigenvalue weighted by Gasteiger charge is -2.24. The molecule has 1 aromatic rings. The number of hydrogen-bond acceptors (Lipinski definition) is 2. The molecule has 0 radical (unpaired) electrons. The van der Waals surface area contributed by atoms with Gasteiger partial charge in [0.05, 0.1) is 6.54 Å². The van der Waals surface area contributed by atoms with Gasteiger partial charge in [0.2, 0.25) is 0 Å². The largest absolute Gasteiger partial charge is 0.303 e. The molecule has 2 nitrogen and oxygen atoms in total. The van der Waals surface area contributed by atoms with Crippen LogP contribution in [0.4, 0.5) is 0 Å². The standard InChI is InChI=1S/C13H15NO/c1-3-10-14(2)13(9-11-15)12-7-5-4-6-8-12/h1,4-8,11,13H,9-10H2,2H3. The van der Waals surface area contributed by atoms with Crippen LogP contribution in [0.1, 0.15) is 18.0 Å². The van der Waals surface area contributed by atoms with Gasteiger partial charge in [0.25, 0.3) is 0 Å². The summed E-state index contributed by atoms with van der Waals surface area (Å²) in [5.74, 6) is 2.59. The molecule has 15 heavy (non-hydrogen) atoms. The highest BCUT2D eigenvalue weighted by molar-refractivity contribution is 5.51. The quantitative estimate of drug-likeness (QED) is 0.535. The van der Waals surface area contributed by atoms with Crippen molar-refractivity contribution in [2.24, 2.45) is 0 Å². The van der Waals surface area contributed by atoms with E-state index in [2.05, 4.69) is 5.92 Å². The molecule has 78 valence electrons. The van der Waals surface area contributed by atoms with E-state index in [1.807, 2.05) is 42.3 Å². The maximum Gasteiger partial charge on any atom is 0.121 e. The van der Waals surface area contributed by atoms with Crippen LogP contribution in [0.2, 0.25) is 0 Å². The third-order valence-corrected chi connectivity index (χ3v) is 2.38. The van der Waals surface area contributed by atoms with Crippen molar-refractivity contribution in [3.8, 4) is 12.3 Å². The molecule has 1 rings (SSSR count). The van der Waals surface area contributed by atoms with E-state index in [9.17, 15) is 4.79 Å². The van der Waals surface area contributed by atoms with E-state index in [0.717, 1.165) is 11.8 Å². The number of nitrogens with zero attached hydrogens (tertiary/aromatic N) is 1. The molecule has 0 fully saturated rings. The monoisotopic (exact) mass is 201 g/mol. The van der Waals surface area contributed by atoms with Crippen LogP contribution in [-0.4, -0.2) is 24.8 Å². The molecule has 0 spiro atoms. The molecular weight excluding hydrogens is 186 g/mol. The van der Waals surface area contributed by atoms with E-state index < -0.39 is 0 Å². The lowest BCUT2D eigenvalue weighted by Crippen LogP contribution is -2.25. The molecule has 0 aliphatic carbocycles. The summed E-state index contributed by atoms with van der Waals surface area (Å²) < 4.78 is 0. The second-order valence-corrected chi connectivity index (χ2v) is 3.45. The Morgan fingerprint density at radius 1 is 1.47 bits per heavy atom. The highest BCUT2D eigenvalue weighted by atomic mass is 16.1. The summed E-state index contributed by atoms with van der Waals surface area (Å²) in [4.78, 5) is 12.6. The average Bonchev–Trinajstić information content (AvgIpc) is 2.27. The number of carbonyl (C=O) groups excluding carboxylic acids is 1. The van der Waals surface area contributed by atoms with Gasteiger partial charge in [-0.2, -0.15) is 0 Å². The van der Waals surface area contributed by atoms with Gasteiger partial charge < -0.3 is 4.79 Å². The van der Waals surface area contributed by atoms with Gasteiger partial charge in [0.15, 0.2) is 0 Å². The second kappa shape index (κ2) is 6.00. The van der Waals surface area contributed by atoms with Crippen LogP contribution in [0, 0.1) is 12.3 Å². The Morgan fingerprint density at radius 2 is 2.13 bits per heavy atom. The molecule has 0 aliphatic rings. The van der Waals surface area contributed by atoms with E-state index in [0.29, 0.717) is 13.0 Å². The van der Waals surface area contributed by atoms with Crippen LogP contribution < -0.4 is 0 Å². The Kier molecular flexibility index (Phi) is 4.59. The summed E-state index contributed by atoms with van der Waals surface area (Å²) in [6.45, 7) is 0.549. The molecule has 0 N–H and O–H groups in total. The summed E-state index contributed by atoms with van der Waals surface area (Å²) >= 11 is 0. The molecule has 0 aromatic heterocycles. The van der Waals surface area contributed by atoms with Gasteiger partial charge in [-0.3, -0.25) is 4.90 Å². The summed E-state index contributed by atoms with van der Waals surface area (Å²) in [5, 5.41) is 0. The molecule has 2 heteroatoms. The highest BCUT2D eigenvalue weighted by Gasteiger charge is 2.14. The zero-order valence-corrected chi connectivity index (χ0v) is 8.89. The van der Waals surface area contributed by atoms with Gasteiger partial charge >= 0.3 is 0 Å². The van der Waals surface area contributed by atoms with Crippen LogP contribution in [0.25, 0.3) is 0 Å². The van der Waals surface area contributed by atoms with Crippen LogP contribution >= 0.6 is 0 Å². The molecule has 1 atom stereocenters. The van der Waals surface area contributed by atoms with E-state index in [1.165, 1.54) is 0 Å². The van der Waals surface area contributed by atoms with Crippen molar-refractivity contribution in [2.45, 2.75) is 12.5 Å².